The van der Waals surface area contributed by atoms with Crippen molar-refractivity contribution < 1.29 is 28.5 Å². The number of piperazine rings is 1. The number of imide groups is 1. The third-order valence-electron chi connectivity index (χ3n) is 6.41. The number of carbonyl (C=O) groups excluding carboxylic acids is 2. The average Bonchev–Trinajstić information content (AvgIpc) is 3.49. The van der Waals surface area contributed by atoms with Crippen molar-refractivity contribution in [2.75, 3.05) is 40.0 Å². The SMILES string of the molecule is COc1ccc(C[NH+]2CC[NH+](CN3C(=O)N[C@](C)(C4CC4)C3=O)CC2)cc1F. The van der Waals surface area contributed by atoms with Gasteiger partial charge < -0.3 is 19.9 Å². The fourth-order valence-corrected chi connectivity index (χ4v) is 4.42. The maximum atomic E-state index is 13.9. The van der Waals surface area contributed by atoms with Crippen LogP contribution in [0.3, 0.4) is 0 Å². The molecule has 2 heterocycles. The van der Waals surface area contributed by atoms with E-state index in [1.165, 1.54) is 27.9 Å². The molecule has 3 fully saturated rings. The number of ether oxygens (including phenoxy) is 1. The van der Waals surface area contributed by atoms with E-state index in [-0.39, 0.29) is 29.4 Å². The van der Waals surface area contributed by atoms with Crippen LogP contribution in [-0.2, 0) is 11.3 Å². The molecule has 7 nitrogen and oxygen atoms in total. The molecule has 0 unspecified atom stereocenters. The van der Waals surface area contributed by atoms with Crippen molar-refractivity contribution in [2.45, 2.75) is 31.8 Å². The molecule has 152 valence electrons. The second-order valence-corrected chi connectivity index (χ2v) is 8.44. The van der Waals surface area contributed by atoms with E-state index in [0.717, 1.165) is 51.1 Å². The Hall–Kier alpha value is -2.19. The van der Waals surface area contributed by atoms with E-state index in [1.807, 2.05) is 13.0 Å². The van der Waals surface area contributed by atoms with Crippen molar-refractivity contribution in [3.05, 3.63) is 29.6 Å². The van der Waals surface area contributed by atoms with E-state index in [0.29, 0.717) is 6.67 Å². The molecule has 3 N–H and O–H groups in total. The van der Waals surface area contributed by atoms with Gasteiger partial charge in [-0.15, -0.1) is 0 Å². The van der Waals surface area contributed by atoms with Crippen LogP contribution in [0.1, 0.15) is 25.3 Å². The monoisotopic (exact) mass is 392 g/mol. The van der Waals surface area contributed by atoms with Crippen LogP contribution in [0.4, 0.5) is 9.18 Å². The number of nitrogens with zero attached hydrogens (tertiary/aromatic N) is 1. The average molecular weight is 392 g/mol. The standard InChI is InChI=1S/C20H27FN4O3/c1-20(15-4-5-15)18(26)25(19(27)22-20)13-24-9-7-23(8-10-24)12-14-3-6-17(28-2)16(21)11-14/h3,6,11,15H,4-5,7-10,12-13H2,1-2H3,(H,22,27)/p+2/t20-/m1/s1. The number of nitrogens with one attached hydrogen (secondary N) is 3. The third kappa shape index (κ3) is 3.58. The number of methoxy groups -OCH3 is 1. The third-order valence-corrected chi connectivity index (χ3v) is 6.41. The summed E-state index contributed by atoms with van der Waals surface area (Å²) in [6, 6.07) is 4.85. The normalized spacial score (nSPS) is 30.5. The summed E-state index contributed by atoms with van der Waals surface area (Å²) in [5.41, 5.74) is 0.244. The molecule has 0 spiro atoms. The van der Waals surface area contributed by atoms with Crippen molar-refractivity contribution in [3.63, 3.8) is 0 Å². The Morgan fingerprint density at radius 2 is 1.89 bits per heavy atom. The van der Waals surface area contributed by atoms with Gasteiger partial charge in [-0.2, -0.15) is 0 Å². The second kappa shape index (κ2) is 7.33. The van der Waals surface area contributed by atoms with Crippen LogP contribution in [0.25, 0.3) is 0 Å². The quantitative estimate of drug-likeness (QED) is 0.533. The minimum absolute atomic E-state index is 0.0732. The summed E-state index contributed by atoms with van der Waals surface area (Å²) in [6.07, 6.45) is 2.02. The molecule has 4 rings (SSSR count). The second-order valence-electron chi connectivity index (χ2n) is 8.44. The minimum Gasteiger partial charge on any atom is -0.494 e. The van der Waals surface area contributed by atoms with E-state index in [2.05, 4.69) is 5.32 Å². The van der Waals surface area contributed by atoms with Gasteiger partial charge in [0.25, 0.3) is 5.91 Å². The molecule has 0 radical (unpaired) electrons. The van der Waals surface area contributed by atoms with Gasteiger partial charge in [0.2, 0.25) is 0 Å². The first-order chi connectivity index (χ1) is 13.4. The number of benzene rings is 1. The van der Waals surface area contributed by atoms with Crippen molar-refractivity contribution in [1.82, 2.24) is 10.2 Å². The van der Waals surface area contributed by atoms with Crippen molar-refractivity contribution in [3.8, 4) is 5.75 Å². The van der Waals surface area contributed by atoms with Crippen molar-refractivity contribution >= 4 is 11.9 Å². The minimum atomic E-state index is -0.706. The molecule has 2 saturated heterocycles. The highest BCUT2D eigenvalue weighted by Crippen LogP contribution is 2.42. The molecule has 3 aliphatic rings. The number of hydrogen-bond donors (Lipinski definition) is 3. The predicted octanol–water partition coefficient (Wildman–Crippen LogP) is -1.20. The van der Waals surface area contributed by atoms with Crippen molar-refractivity contribution in [1.29, 1.82) is 0 Å². The van der Waals surface area contributed by atoms with Crippen LogP contribution in [-0.4, -0.2) is 62.3 Å². The Balaban J connectivity index is 1.29. The Labute approximate surface area is 164 Å². The van der Waals surface area contributed by atoms with Gasteiger partial charge in [-0.3, -0.25) is 4.79 Å². The van der Waals surface area contributed by atoms with Gasteiger partial charge in [0.1, 0.15) is 38.3 Å². The maximum Gasteiger partial charge on any atom is 0.329 e. The van der Waals surface area contributed by atoms with Crippen LogP contribution >= 0.6 is 0 Å². The fraction of sp³-hybridized carbons (Fsp3) is 0.600. The van der Waals surface area contributed by atoms with Gasteiger partial charge in [-0.25, -0.2) is 14.1 Å². The van der Waals surface area contributed by atoms with Gasteiger partial charge in [0.05, 0.1) is 7.11 Å². The van der Waals surface area contributed by atoms with Crippen LogP contribution in [0.2, 0.25) is 0 Å². The number of urea groups is 1. The van der Waals surface area contributed by atoms with Gasteiger partial charge in [0, 0.05) is 5.56 Å². The Morgan fingerprint density at radius 1 is 1.21 bits per heavy atom. The number of hydrogen-bond acceptors (Lipinski definition) is 3. The number of quaternary nitrogens is 2. The molecule has 1 aliphatic carbocycles. The molecule has 8 heteroatoms. The molecule has 1 saturated carbocycles. The lowest BCUT2D eigenvalue weighted by Gasteiger charge is -2.31. The molecule has 28 heavy (non-hydrogen) atoms. The molecule has 1 atom stereocenters. The van der Waals surface area contributed by atoms with Crippen molar-refractivity contribution in [2.24, 2.45) is 5.92 Å². The zero-order valence-electron chi connectivity index (χ0n) is 16.5. The summed E-state index contributed by atoms with van der Waals surface area (Å²) < 4.78 is 18.8. The van der Waals surface area contributed by atoms with Crippen LogP contribution < -0.4 is 19.9 Å². The Kier molecular flexibility index (Phi) is 5.01. The van der Waals surface area contributed by atoms with Gasteiger partial charge in [-0.05, 0) is 43.9 Å². The van der Waals surface area contributed by atoms with Gasteiger partial charge in [0.15, 0.2) is 18.2 Å². The number of amides is 3. The van der Waals surface area contributed by atoms with Crippen LogP contribution in [0.5, 0.6) is 5.75 Å². The first-order valence-electron chi connectivity index (χ1n) is 10.0. The Bertz CT molecular complexity index is 777. The molecule has 0 aromatic heterocycles. The number of halogens is 1. The first-order valence-corrected chi connectivity index (χ1v) is 10.0. The fourth-order valence-electron chi connectivity index (χ4n) is 4.42. The summed E-state index contributed by atoms with van der Waals surface area (Å²) in [5.74, 6) is 0.145. The topological polar surface area (TPSA) is 67.5 Å². The summed E-state index contributed by atoms with van der Waals surface area (Å²) in [5, 5.41) is 2.91. The van der Waals surface area contributed by atoms with E-state index in [9.17, 15) is 14.0 Å². The summed E-state index contributed by atoms with van der Waals surface area (Å²) in [6.45, 7) is 6.65. The lowest BCUT2D eigenvalue weighted by atomic mass is 9.96. The molecule has 2 aliphatic heterocycles. The largest absolute Gasteiger partial charge is 0.494 e. The summed E-state index contributed by atoms with van der Waals surface area (Å²) in [7, 11) is 1.46. The van der Waals surface area contributed by atoms with E-state index < -0.39 is 5.54 Å². The highest BCUT2D eigenvalue weighted by Gasteiger charge is 2.56. The summed E-state index contributed by atoms with van der Waals surface area (Å²) in [4.78, 5) is 29.1. The van der Waals surface area contributed by atoms with Crippen LogP contribution in [0.15, 0.2) is 18.2 Å². The van der Waals surface area contributed by atoms with Crippen LogP contribution in [0, 0.1) is 11.7 Å². The van der Waals surface area contributed by atoms with E-state index >= 15 is 0 Å². The number of carbonyl (C=O) groups is 2. The zero-order chi connectivity index (χ0) is 19.9. The highest BCUT2D eigenvalue weighted by molar-refractivity contribution is 6.07. The van der Waals surface area contributed by atoms with E-state index in [1.54, 1.807) is 6.07 Å². The lowest BCUT2D eigenvalue weighted by molar-refractivity contribution is -1.02. The molecule has 1 aromatic rings. The molecular formula is C20H29FN4O3+2. The van der Waals surface area contributed by atoms with Gasteiger partial charge >= 0.3 is 6.03 Å². The molecule has 0 bridgehead atoms. The Morgan fingerprint density at radius 3 is 2.50 bits per heavy atom. The molecular weight excluding hydrogens is 363 g/mol. The number of rotatable bonds is 6. The van der Waals surface area contributed by atoms with Gasteiger partial charge in [-0.1, -0.05) is 0 Å². The zero-order valence-corrected chi connectivity index (χ0v) is 16.5. The maximum absolute atomic E-state index is 13.9. The predicted molar refractivity (Wildman–Crippen MR) is 99.4 cm³/mol. The first kappa shape index (κ1) is 19.1. The highest BCUT2D eigenvalue weighted by atomic mass is 19.1. The summed E-state index contributed by atoms with van der Waals surface area (Å²) >= 11 is 0. The molecule has 3 amide bonds. The molecule has 1 aromatic carbocycles. The smallest absolute Gasteiger partial charge is 0.329 e. The van der Waals surface area contributed by atoms with E-state index in [4.69, 9.17) is 4.74 Å². The lowest BCUT2D eigenvalue weighted by Crippen LogP contribution is -3.28.